The number of aldehydes is 1. The number of rotatable bonds is 5. The summed E-state index contributed by atoms with van der Waals surface area (Å²) < 4.78 is 0. The van der Waals surface area contributed by atoms with E-state index in [0.717, 1.165) is 6.92 Å². The van der Waals surface area contributed by atoms with Crippen LogP contribution in [0.2, 0.25) is 0 Å². The zero-order chi connectivity index (χ0) is 13.3. The average molecular weight is 264 g/mol. The number of carboxylic acids is 1. The van der Waals surface area contributed by atoms with E-state index in [9.17, 15) is 4.79 Å². The molecule has 0 fully saturated rings. The zero-order valence-electron chi connectivity index (χ0n) is 8.59. The van der Waals surface area contributed by atoms with Crippen molar-refractivity contribution in [3.63, 3.8) is 0 Å². The van der Waals surface area contributed by atoms with E-state index in [1.54, 1.807) is 0 Å². The van der Waals surface area contributed by atoms with Gasteiger partial charge in [-0.05, 0) is 0 Å². The molecule has 98 valence electrons. The van der Waals surface area contributed by atoms with Crippen LogP contribution < -0.4 is 0 Å². The number of carbonyl (C=O) groups is 2. The predicted molar refractivity (Wildman–Crippen MR) is 57.6 cm³/mol. The topological polar surface area (TPSA) is 156 Å². The van der Waals surface area contributed by atoms with Gasteiger partial charge in [-0.3, -0.25) is 4.79 Å². The first kappa shape index (κ1) is 22.1. The molecule has 0 aliphatic rings. The molecule has 0 aromatic heterocycles. The van der Waals surface area contributed by atoms with E-state index in [1.165, 1.54) is 0 Å². The molecule has 0 saturated heterocycles. The number of hydrogen-bond acceptors (Lipinski definition) is 7. The Morgan fingerprint density at radius 3 is 1.76 bits per heavy atom. The number of aliphatic hydroxyl groups is 5. The molecule has 4 unspecified atom stereocenters. The monoisotopic (exact) mass is 264 g/mol. The van der Waals surface area contributed by atoms with E-state index in [-0.39, 0.29) is 35.8 Å². The third-order valence-electron chi connectivity index (χ3n) is 1.42. The molecular weight excluding hydrogens is 247 g/mol. The fraction of sp³-hybridized carbons (Fsp3) is 0.750. The molecule has 0 heterocycles. The molecule has 0 bridgehead atoms. The van der Waals surface area contributed by atoms with Gasteiger partial charge in [0.2, 0.25) is 0 Å². The second kappa shape index (κ2) is 12.4. The van der Waals surface area contributed by atoms with Crippen molar-refractivity contribution >= 4 is 41.8 Å². The van der Waals surface area contributed by atoms with Gasteiger partial charge in [0.25, 0.3) is 5.97 Å². The maximum absolute atomic E-state index is 9.90. The summed E-state index contributed by atoms with van der Waals surface area (Å²) in [5.41, 5.74) is 0. The van der Waals surface area contributed by atoms with Crippen molar-refractivity contribution < 1.29 is 40.2 Å². The van der Waals surface area contributed by atoms with E-state index in [1.807, 2.05) is 0 Å². The van der Waals surface area contributed by atoms with E-state index in [2.05, 4.69) is 0 Å². The first-order chi connectivity index (χ1) is 7.27. The second-order valence-corrected chi connectivity index (χ2v) is 2.88. The van der Waals surface area contributed by atoms with Crippen molar-refractivity contribution in [2.75, 3.05) is 6.61 Å². The number of hydrogen-bond donors (Lipinski definition) is 6. The van der Waals surface area contributed by atoms with Crippen molar-refractivity contribution in [1.29, 1.82) is 0 Å². The molecule has 0 spiro atoms. The maximum atomic E-state index is 9.90. The van der Waals surface area contributed by atoms with Crippen molar-refractivity contribution in [3.05, 3.63) is 0 Å². The zero-order valence-corrected chi connectivity index (χ0v) is 8.59. The molecule has 4 atom stereocenters. The Morgan fingerprint density at radius 2 is 1.53 bits per heavy atom. The van der Waals surface area contributed by atoms with Gasteiger partial charge in [-0.15, -0.1) is 0 Å². The summed E-state index contributed by atoms with van der Waals surface area (Å²) in [6, 6.07) is 0. The molecule has 0 amide bonds. The Labute approximate surface area is 120 Å². The van der Waals surface area contributed by atoms with Gasteiger partial charge in [0, 0.05) is 6.92 Å². The van der Waals surface area contributed by atoms with Crippen LogP contribution in [0.3, 0.4) is 0 Å². The summed E-state index contributed by atoms with van der Waals surface area (Å²) >= 11 is 0. The van der Waals surface area contributed by atoms with Gasteiger partial charge in [0.05, 0.1) is 6.61 Å². The van der Waals surface area contributed by atoms with Crippen LogP contribution in [0.4, 0.5) is 0 Å². The van der Waals surface area contributed by atoms with E-state index in [0.29, 0.717) is 0 Å². The van der Waals surface area contributed by atoms with Gasteiger partial charge in [-0.1, -0.05) is 0 Å². The molecule has 0 rings (SSSR count). The summed E-state index contributed by atoms with van der Waals surface area (Å²) in [6.45, 7) is 0.323. The first-order valence-electron chi connectivity index (χ1n) is 4.25. The van der Waals surface area contributed by atoms with Gasteiger partial charge in [0.1, 0.15) is 24.4 Å². The van der Waals surface area contributed by atoms with Crippen molar-refractivity contribution in [3.8, 4) is 0 Å². The summed E-state index contributed by atoms with van der Waals surface area (Å²) in [5, 5.41) is 51.0. The van der Waals surface area contributed by atoms with E-state index >= 15 is 0 Å². The molecular formula is C8H17NaO8. The predicted octanol–water partition coefficient (Wildman–Crippen LogP) is -3.94. The molecule has 0 aliphatic heterocycles. The van der Waals surface area contributed by atoms with Crippen LogP contribution in [0.1, 0.15) is 6.92 Å². The number of carbonyl (C=O) groups excluding carboxylic acids is 1. The number of aliphatic hydroxyl groups excluding tert-OH is 5. The Balaban J connectivity index is -0.000000340. The normalized spacial score (nSPS) is 16.4. The number of aliphatic carboxylic acids is 1. The Kier molecular flexibility index (Phi) is 16.2. The van der Waals surface area contributed by atoms with Gasteiger partial charge < -0.3 is 35.4 Å². The fourth-order valence-corrected chi connectivity index (χ4v) is 0.618. The minimum absolute atomic E-state index is 0. The summed E-state index contributed by atoms with van der Waals surface area (Å²) in [6.07, 6.45) is -6.84. The van der Waals surface area contributed by atoms with Crippen LogP contribution in [0.15, 0.2) is 0 Å². The van der Waals surface area contributed by atoms with Gasteiger partial charge in [-0.2, -0.15) is 0 Å². The Bertz CT molecular complexity index is 208. The summed E-state index contributed by atoms with van der Waals surface area (Å²) in [7, 11) is 0. The van der Waals surface area contributed by atoms with Crippen molar-refractivity contribution in [2.24, 2.45) is 0 Å². The van der Waals surface area contributed by atoms with Gasteiger partial charge in [0.15, 0.2) is 6.29 Å². The molecule has 0 aromatic rings. The van der Waals surface area contributed by atoms with Crippen LogP contribution in [-0.2, 0) is 9.59 Å². The first-order valence-corrected chi connectivity index (χ1v) is 4.25. The average Bonchev–Trinajstić information content (AvgIpc) is 2.24. The molecule has 0 radical (unpaired) electrons. The summed E-state index contributed by atoms with van der Waals surface area (Å²) in [5.74, 6) is -0.833. The Hall–Kier alpha value is -0.0600. The minimum atomic E-state index is -1.79. The molecule has 0 saturated carbocycles. The van der Waals surface area contributed by atoms with Crippen molar-refractivity contribution in [2.45, 2.75) is 31.3 Å². The molecule has 17 heavy (non-hydrogen) atoms. The molecule has 0 aromatic carbocycles. The third kappa shape index (κ3) is 12.2. The van der Waals surface area contributed by atoms with E-state index in [4.69, 9.17) is 35.4 Å². The molecule has 9 heteroatoms. The van der Waals surface area contributed by atoms with E-state index < -0.39 is 37.0 Å². The third-order valence-corrected chi connectivity index (χ3v) is 1.42. The van der Waals surface area contributed by atoms with Crippen LogP contribution in [-0.4, -0.2) is 103 Å². The molecule has 6 N–H and O–H groups in total. The second-order valence-electron chi connectivity index (χ2n) is 2.88. The van der Waals surface area contributed by atoms with Gasteiger partial charge >= 0.3 is 29.6 Å². The van der Waals surface area contributed by atoms with Gasteiger partial charge in [-0.25, -0.2) is 0 Å². The quantitative estimate of drug-likeness (QED) is 0.217. The Morgan fingerprint density at radius 1 is 1.18 bits per heavy atom. The van der Waals surface area contributed by atoms with Crippen LogP contribution in [0.5, 0.6) is 0 Å². The van der Waals surface area contributed by atoms with Crippen LogP contribution >= 0.6 is 0 Å². The van der Waals surface area contributed by atoms with Crippen LogP contribution in [0, 0.1) is 0 Å². The molecule has 0 aliphatic carbocycles. The summed E-state index contributed by atoms with van der Waals surface area (Å²) in [4.78, 5) is 18.9. The fourth-order valence-electron chi connectivity index (χ4n) is 0.618. The standard InChI is InChI=1S/C6H12O6.C2H4O2.Na.H/c7-1-3(9)5(11)6(12)4(10)2-8;1-2(3)4;;/h1,3-6,8-12H,2H2;1H3,(H,3,4);;. The van der Waals surface area contributed by atoms with Crippen molar-refractivity contribution in [1.82, 2.24) is 0 Å². The SMILES string of the molecule is CC(=O)O.O=CC(O)C(O)C(O)C(O)CO.[NaH]. The number of carboxylic acid groups (broad SMARTS) is 1. The van der Waals surface area contributed by atoms with Crippen LogP contribution in [0.25, 0.3) is 0 Å². The molecule has 8 nitrogen and oxygen atoms in total.